The van der Waals surface area contributed by atoms with Crippen molar-refractivity contribution in [1.82, 2.24) is 15.5 Å². The lowest BCUT2D eigenvalue weighted by Crippen LogP contribution is -2.54. The molecule has 0 spiro atoms. The second-order valence-electron chi connectivity index (χ2n) is 11.9. The van der Waals surface area contributed by atoms with Gasteiger partial charge in [-0.1, -0.05) is 74.5 Å². The van der Waals surface area contributed by atoms with E-state index < -0.39 is 24.1 Å². The lowest BCUT2D eigenvalue weighted by atomic mass is 9.98. The first-order chi connectivity index (χ1) is 21.2. The minimum absolute atomic E-state index is 0.0912. The monoisotopic (exact) mass is 600 g/mol. The molecule has 1 aliphatic rings. The molecule has 4 N–H and O–H groups in total. The van der Waals surface area contributed by atoms with Gasteiger partial charge >= 0.3 is 6.09 Å². The first kappa shape index (κ1) is 32.7. The Hall–Kier alpha value is -4.21. The van der Waals surface area contributed by atoms with Gasteiger partial charge in [0, 0.05) is 11.6 Å². The Morgan fingerprint density at radius 3 is 2.02 bits per heavy atom. The number of nitrogens with zero attached hydrogens (tertiary/aromatic N) is 1. The Balaban J connectivity index is 1.39. The van der Waals surface area contributed by atoms with Crippen LogP contribution in [0.15, 0.2) is 72.8 Å². The van der Waals surface area contributed by atoms with E-state index in [9.17, 15) is 19.5 Å². The molecule has 234 valence electrons. The van der Waals surface area contributed by atoms with Crippen molar-refractivity contribution in [3.63, 3.8) is 0 Å². The SMILES string of the molecule is CC(C)[C@H](NC(=O)OCC1c2ccccc2-c2ccccc21)C(=O)N[C@@H](CCCCN(C)C)C(=O)Nc1ccc(CO)cc1. The van der Waals surface area contributed by atoms with Crippen LogP contribution in [0, 0.1) is 5.92 Å². The fourth-order valence-electron chi connectivity index (χ4n) is 5.53. The highest BCUT2D eigenvalue weighted by molar-refractivity contribution is 5.98. The van der Waals surface area contributed by atoms with E-state index in [1.54, 1.807) is 24.3 Å². The molecule has 3 amide bonds. The minimum Gasteiger partial charge on any atom is -0.449 e. The third-order valence-electron chi connectivity index (χ3n) is 7.95. The Kier molecular flexibility index (Phi) is 11.5. The van der Waals surface area contributed by atoms with Crippen LogP contribution in [-0.2, 0) is 20.9 Å². The summed E-state index contributed by atoms with van der Waals surface area (Å²) in [5, 5.41) is 17.8. The van der Waals surface area contributed by atoms with E-state index in [1.165, 1.54) is 0 Å². The molecule has 0 aromatic heterocycles. The van der Waals surface area contributed by atoms with Gasteiger partial charge in [0.05, 0.1) is 6.61 Å². The summed E-state index contributed by atoms with van der Waals surface area (Å²) in [5.74, 6) is -1.14. The van der Waals surface area contributed by atoms with E-state index in [0.717, 1.165) is 47.2 Å². The van der Waals surface area contributed by atoms with Crippen LogP contribution in [0.1, 0.15) is 55.7 Å². The average molecular weight is 601 g/mol. The molecule has 1 aliphatic carbocycles. The molecular formula is C35H44N4O5. The number of alkyl carbamates (subject to hydrolysis) is 1. The van der Waals surface area contributed by atoms with Gasteiger partial charge in [-0.05, 0) is 85.8 Å². The maximum atomic E-state index is 13.5. The largest absolute Gasteiger partial charge is 0.449 e. The van der Waals surface area contributed by atoms with Gasteiger partial charge in [0.25, 0.3) is 0 Å². The van der Waals surface area contributed by atoms with Crippen molar-refractivity contribution in [2.24, 2.45) is 5.92 Å². The molecule has 3 aromatic rings. The van der Waals surface area contributed by atoms with Crippen LogP contribution in [0.5, 0.6) is 0 Å². The van der Waals surface area contributed by atoms with Gasteiger partial charge in [0.15, 0.2) is 0 Å². The summed E-state index contributed by atoms with van der Waals surface area (Å²) in [6.45, 7) is 4.58. The number of aliphatic hydroxyl groups excluding tert-OH is 1. The number of fused-ring (bicyclic) bond motifs is 3. The van der Waals surface area contributed by atoms with Crippen LogP contribution in [0.4, 0.5) is 10.5 Å². The zero-order chi connectivity index (χ0) is 31.6. The molecule has 2 atom stereocenters. The normalized spacial score (nSPS) is 13.6. The number of unbranched alkanes of at least 4 members (excludes halogenated alkanes) is 1. The molecule has 0 radical (unpaired) electrons. The zero-order valence-electron chi connectivity index (χ0n) is 26.0. The van der Waals surface area contributed by atoms with E-state index in [4.69, 9.17) is 4.74 Å². The average Bonchev–Trinajstić information content (AvgIpc) is 3.33. The van der Waals surface area contributed by atoms with Gasteiger partial charge in [0.1, 0.15) is 18.7 Å². The Morgan fingerprint density at radius 1 is 0.841 bits per heavy atom. The molecule has 0 saturated carbocycles. The summed E-state index contributed by atoms with van der Waals surface area (Å²) in [6, 6.07) is 21.4. The molecule has 9 nitrogen and oxygen atoms in total. The summed E-state index contributed by atoms with van der Waals surface area (Å²) in [4.78, 5) is 41.9. The fraction of sp³-hybridized carbons (Fsp3) is 0.400. The number of nitrogens with one attached hydrogen (secondary N) is 3. The molecule has 0 bridgehead atoms. The Labute approximate surface area is 260 Å². The summed E-state index contributed by atoms with van der Waals surface area (Å²) < 4.78 is 5.69. The second kappa shape index (κ2) is 15.5. The Bertz CT molecular complexity index is 1380. The van der Waals surface area contributed by atoms with Crippen molar-refractivity contribution < 1.29 is 24.2 Å². The third kappa shape index (κ3) is 8.45. The third-order valence-corrected chi connectivity index (χ3v) is 7.95. The summed E-state index contributed by atoms with van der Waals surface area (Å²) in [6.07, 6.45) is 1.35. The quantitative estimate of drug-likeness (QED) is 0.196. The van der Waals surface area contributed by atoms with Gasteiger partial charge in [-0.15, -0.1) is 0 Å². The maximum absolute atomic E-state index is 13.5. The van der Waals surface area contributed by atoms with Gasteiger partial charge in [0.2, 0.25) is 11.8 Å². The van der Waals surface area contributed by atoms with Crippen molar-refractivity contribution in [2.45, 2.75) is 57.7 Å². The maximum Gasteiger partial charge on any atom is 0.407 e. The number of ether oxygens (including phenoxy) is 1. The number of carbonyl (C=O) groups excluding carboxylic acids is 3. The van der Waals surface area contributed by atoms with Crippen molar-refractivity contribution in [3.05, 3.63) is 89.5 Å². The summed E-state index contributed by atoms with van der Waals surface area (Å²) >= 11 is 0. The van der Waals surface area contributed by atoms with E-state index in [2.05, 4.69) is 45.1 Å². The number of hydrogen-bond donors (Lipinski definition) is 4. The van der Waals surface area contributed by atoms with E-state index >= 15 is 0 Å². The van der Waals surface area contributed by atoms with Crippen LogP contribution in [0.25, 0.3) is 11.1 Å². The first-order valence-corrected chi connectivity index (χ1v) is 15.2. The van der Waals surface area contributed by atoms with E-state index in [0.29, 0.717) is 12.1 Å². The molecular weight excluding hydrogens is 556 g/mol. The number of carbonyl (C=O) groups is 3. The molecule has 0 heterocycles. The predicted molar refractivity (Wildman–Crippen MR) is 172 cm³/mol. The molecule has 9 heteroatoms. The van der Waals surface area contributed by atoms with Gasteiger partial charge in [-0.3, -0.25) is 9.59 Å². The highest BCUT2D eigenvalue weighted by Gasteiger charge is 2.32. The molecule has 4 rings (SSSR count). The van der Waals surface area contributed by atoms with Crippen molar-refractivity contribution >= 4 is 23.6 Å². The number of amides is 3. The number of hydrogen-bond acceptors (Lipinski definition) is 6. The van der Waals surface area contributed by atoms with Crippen LogP contribution in [0.3, 0.4) is 0 Å². The van der Waals surface area contributed by atoms with Crippen molar-refractivity contribution in [1.29, 1.82) is 0 Å². The standard InChI is InChI=1S/C35H44N4O5/c1-23(2)32(38-35(43)44-22-30-28-13-7-5-11-26(28)27-12-6-8-14-29(27)30)34(42)37-31(15-9-10-20-39(3)4)33(41)36-25-18-16-24(21-40)17-19-25/h5-8,11-14,16-19,23,30-32,40H,9-10,15,20-22H2,1-4H3,(H,36,41)(H,37,42)(H,38,43)/t31-,32-/m0/s1. The molecule has 44 heavy (non-hydrogen) atoms. The number of anilines is 1. The molecule has 0 saturated heterocycles. The summed E-state index contributed by atoms with van der Waals surface area (Å²) in [5.41, 5.74) is 5.78. The second-order valence-corrected chi connectivity index (χ2v) is 11.9. The van der Waals surface area contributed by atoms with Crippen molar-refractivity contribution in [3.8, 4) is 11.1 Å². The summed E-state index contributed by atoms with van der Waals surface area (Å²) in [7, 11) is 3.98. The van der Waals surface area contributed by atoms with Gasteiger partial charge < -0.3 is 30.7 Å². The number of benzene rings is 3. The lowest BCUT2D eigenvalue weighted by molar-refractivity contribution is -0.128. The van der Waals surface area contributed by atoms with E-state index in [1.807, 2.05) is 52.2 Å². The van der Waals surface area contributed by atoms with Crippen LogP contribution in [0.2, 0.25) is 0 Å². The highest BCUT2D eigenvalue weighted by Crippen LogP contribution is 2.44. The zero-order valence-corrected chi connectivity index (χ0v) is 26.0. The molecule has 3 aromatic carbocycles. The smallest absolute Gasteiger partial charge is 0.407 e. The van der Waals surface area contributed by atoms with Crippen LogP contribution >= 0.6 is 0 Å². The van der Waals surface area contributed by atoms with Gasteiger partial charge in [-0.25, -0.2) is 4.79 Å². The van der Waals surface area contributed by atoms with Gasteiger partial charge in [-0.2, -0.15) is 0 Å². The van der Waals surface area contributed by atoms with E-state index in [-0.39, 0.29) is 31.0 Å². The topological polar surface area (TPSA) is 120 Å². The molecule has 0 fully saturated rings. The highest BCUT2D eigenvalue weighted by atomic mass is 16.5. The fourth-order valence-corrected chi connectivity index (χ4v) is 5.53. The number of aliphatic hydroxyl groups is 1. The molecule has 0 unspecified atom stereocenters. The van der Waals surface area contributed by atoms with Crippen molar-refractivity contribution in [2.75, 3.05) is 32.6 Å². The number of rotatable bonds is 14. The van der Waals surface area contributed by atoms with Crippen LogP contribution in [-0.4, -0.2) is 67.2 Å². The minimum atomic E-state index is -0.897. The Morgan fingerprint density at radius 2 is 1.45 bits per heavy atom. The predicted octanol–water partition coefficient (Wildman–Crippen LogP) is 4.90. The lowest BCUT2D eigenvalue weighted by Gasteiger charge is -2.25. The first-order valence-electron chi connectivity index (χ1n) is 15.2. The molecule has 0 aliphatic heterocycles. The van der Waals surface area contributed by atoms with Crippen LogP contribution < -0.4 is 16.0 Å².